The highest BCUT2D eigenvalue weighted by Gasteiger charge is 2.22. The van der Waals surface area contributed by atoms with E-state index in [4.69, 9.17) is 0 Å². The van der Waals surface area contributed by atoms with Gasteiger partial charge >= 0.3 is 0 Å². The molecule has 13 heavy (non-hydrogen) atoms. The Hall–Kier alpha value is -0.350. The zero-order chi connectivity index (χ0) is 9.73. The predicted octanol–water partition coefficient (Wildman–Crippen LogP) is 0.729. The van der Waals surface area contributed by atoms with Crippen LogP contribution in [-0.4, -0.2) is 32.5 Å². The molecule has 0 aromatic rings. The van der Waals surface area contributed by atoms with Gasteiger partial charge < -0.3 is 5.32 Å². The van der Waals surface area contributed by atoms with Crippen LogP contribution < -0.4 is 5.32 Å². The van der Waals surface area contributed by atoms with Gasteiger partial charge in [0.05, 0.1) is 11.5 Å². The van der Waals surface area contributed by atoms with Gasteiger partial charge in [0.15, 0.2) is 0 Å². The molecular weight excluding hydrogens is 186 g/mol. The van der Waals surface area contributed by atoms with Crippen molar-refractivity contribution in [3.8, 4) is 0 Å². The highest BCUT2D eigenvalue weighted by Crippen LogP contribution is 2.11. The number of rotatable bonds is 4. The summed E-state index contributed by atoms with van der Waals surface area (Å²) in [5, 5.41) is 3.32. The maximum absolute atomic E-state index is 11.1. The van der Waals surface area contributed by atoms with Gasteiger partial charge in [0, 0.05) is 6.04 Å². The average molecular weight is 203 g/mol. The molecule has 1 heterocycles. The van der Waals surface area contributed by atoms with E-state index in [-0.39, 0.29) is 0 Å². The van der Waals surface area contributed by atoms with Gasteiger partial charge in [-0.05, 0) is 25.8 Å². The minimum atomic E-state index is -2.71. The third-order valence-corrected chi connectivity index (χ3v) is 4.05. The Morgan fingerprint density at radius 2 is 2.00 bits per heavy atom. The van der Waals surface area contributed by atoms with Gasteiger partial charge in [-0.1, -0.05) is 6.08 Å². The summed E-state index contributed by atoms with van der Waals surface area (Å²) in [5.41, 5.74) is 0. The summed E-state index contributed by atoms with van der Waals surface area (Å²) in [5.74, 6) is 0.692. The molecule has 0 spiro atoms. The van der Waals surface area contributed by atoms with Crippen LogP contribution >= 0.6 is 0 Å². The van der Waals surface area contributed by atoms with Crippen molar-refractivity contribution in [2.24, 2.45) is 0 Å². The molecule has 0 aromatic carbocycles. The third-order valence-electron chi connectivity index (χ3n) is 2.34. The molecule has 76 valence electrons. The summed E-state index contributed by atoms with van der Waals surface area (Å²) in [6.07, 6.45) is 4.34. The van der Waals surface area contributed by atoms with Crippen LogP contribution in [0, 0.1) is 0 Å². The first kappa shape index (κ1) is 10.7. The fraction of sp³-hybridized carbons (Fsp3) is 0.778. The number of sulfone groups is 1. The maximum Gasteiger partial charge on any atom is 0.150 e. The lowest BCUT2D eigenvalue weighted by Gasteiger charge is -2.22. The monoisotopic (exact) mass is 203 g/mol. The van der Waals surface area contributed by atoms with E-state index >= 15 is 0 Å². The lowest BCUT2D eigenvalue weighted by molar-refractivity contribution is 0.468. The van der Waals surface area contributed by atoms with Crippen LogP contribution in [0.15, 0.2) is 12.7 Å². The SMILES string of the molecule is C=CCCNC1CCS(=O)(=O)CC1. The zero-order valence-corrected chi connectivity index (χ0v) is 8.65. The molecule has 0 bridgehead atoms. The molecule has 1 rings (SSSR count). The van der Waals surface area contributed by atoms with E-state index in [0.29, 0.717) is 17.5 Å². The Bertz CT molecular complexity index is 245. The van der Waals surface area contributed by atoms with Crippen molar-refractivity contribution < 1.29 is 8.42 Å². The fourth-order valence-corrected chi connectivity index (χ4v) is 2.98. The quantitative estimate of drug-likeness (QED) is 0.541. The lowest BCUT2D eigenvalue weighted by atomic mass is 10.1. The molecular formula is C9H17NO2S. The van der Waals surface area contributed by atoms with Gasteiger partial charge in [-0.3, -0.25) is 0 Å². The number of hydrogen-bond acceptors (Lipinski definition) is 3. The van der Waals surface area contributed by atoms with Crippen LogP contribution in [-0.2, 0) is 9.84 Å². The molecule has 1 saturated heterocycles. The molecule has 4 heteroatoms. The largest absolute Gasteiger partial charge is 0.314 e. The first-order valence-corrected chi connectivity index (χ1v) is 6.51. The summed E-state index contributed by atoms with van der Waals surface area (Å²) in [7, 11) is -2.71. The second-order valence-electron chi connectivity index (χ2n) is 3.46. The Morgan fingerprint density at radius 3 is 2.54 bits per heavy atom. The number of hydrogen-bond donors (Lipinski definition) is 1. The Morgan fingerprint density at radius 1 is 1.38 bits per heavy atom. The van der Waals surface area contributed by atoms with Gasteiger partial charge in [-0.15, -0.1) is 6.58 Å². The van der Waals surface area contributed by atoms with E-state index < -0.39 is 9.84 Å². The van der Waals surface area contributed by atoms with Crippen molar-refractivity contribution in [1.29, 1.82) is 0 Å². The molecule has 0 unspecified atom stereocenters. The second kappa shape index (κ2) is 4.77. The van der Waals surface area contributed by atoms with Gasteiger partial charge in [0.25, 0.3) is 0 Å². The average Bonchev–Trinajstić information content (AvgIpc) is 2.08. The summed E-state index contributed by atoms with van der Waals surface area (Å²) in [4.78, 5) is 0. The van der Waals surface area contributed by atoms with E-state index in [2.05, 4.69) is 11.9 Å². The van der Waals surface area contributed by atoms with Crippen LogP contribution in [0.1, 0.15) is 19.3 Å². The summed E-state index contributed by atoms with van der Waals surface area (Å²) in [6, 6.07) is 0.392. The van der Waals surface area contributed by atoms with E-state index in [1.165, 1.54) is 0 Å². The van der Waals surface area contributed by atoms with Crippen LogP contribution in [0.5, 0.6) is 0 Å². The molecule has 1 aliphatic rings. The van der Waals surface area contributed by atoms with Crippen LogP contribution in [0.25, 0.3) is 0 Å². The molecule has 0 saturated carbocycles. The zero-order valence-electron chi connectivity index (χ0n) is 7.83. The third kappa shape index (κ3) is 3.91. The molecule has 0 aliphatic carbocycles. The Kier molecular flexibility index (Phi) is 3.93. The van der Waals surface area contributed by atoms with Gasteiger partial charge in [0.1, 0.15) is 9.84 Å². The minimum Gasteiger partial charge on any atom is -0.314 e. The second-order valence-corrected chi connectivity index (χ2v) is 5.76. The highest BCUT2D eigenvalue weighted by molar-refractivity contribution is 7.91. The van der Waals surface area contributed by atoms with Crippen LogP contribution in [0.2, 0.25) is 0 Å². The highest BCUT2D eigenvalue weighted by atomic mass is 32.2. The van der Waals surface area contributed by atoms with Gasteiger partial charge in [-0.2, -0.15) is 0 Å². The van der Waals surface area contributed by atoms with Gasteiger partial charge in [-0.25, -0.2) is 8.42 Å². The Balaban J connectivity index is 2.21. The first-order valence-electron chi connectivity index (χ1n) is 4.69. The molecule has 0 radical (unpaired) electrons. The molecule has 0 atom stereocenters. The van der Waals surface area contributed by atoms with Crippen molar-refractivity contribution >= 4 is 9.84 Å². The van der Waals surface area contributed by atoms with Crippen molar-refractivity contribution in [2.45, 2.75) is 25.3 Å². The van der Waals surface area contributed by atoms with Crippen LogP contribution in [0.4, 0.5) is 0 Å². The molecule has 1 N–H and O–H groups in total. The minimum absolute atomic E-state index is 0.346. The lowest BCUT2D eigenvalue weighted by Crippen LogP contribution is -2.37. The van der Waals surface area contributed by atoms with E-state index in [1.807, 2.05) is 6.08 Å². The molecule has 1 fully saturated rings. The van der Waals surface area contributed by atoms with Gasteiger partial charge in [0.2, 0.25) is 0 Å². The van der Waals surface area contributed by atoms with Crippen molar-refractivity contribution in [1.82, 2.24) is 5.32 Å². The van der Waals surface area contributed by atoms with Crippen molar-refractivity contribution in [3.63, 3.8) is 0 Å². The molecule has 3 nitrogen and oxygen atoms in total. The van der Waals surface area contributed by atoms with E-state index in [9.17, 15) is 8.42 Å². The van der Waals surface area contributed by atoms with Crippen molar-refractivity contribution in [2.75, 3.05) is 18.1 Å². The van der Waals surface area contributed by atoms with Crippen molar-refractivity contribution in [3.05, 3.63) is 12.7 Å². The van der Waals surface area contributed by atoms with Crippen LogP contribution in [0.3, 0.4) is 0 Å². The smallest absolute Gasteiger partial charge is 0.150 e. The van der Waals surface area contributed by atoms with E-state index in [0.717, 1.165) is 25.8 Å². The Labute approximate surface area is 80.1 Å². The van der Waals surface area contributed by atoms with E-state index in [1.54, 1.807) is 0 Å². The molecule has 1 aliphatic heterocycles. The summed E-state index contributed by atoms with van der Waals surface area (Å²) < 4.78 is 22.2. The normalized spacial score (nSPS) is 22.8. The first-order chi connectivity index (χ1) is 6.14. The molecule has 0 amide bonds. The molecule has 0 aromatic heterocycles. The summed E-state index contributed by atoms with van der Waals surface area (Å²) in [6.45, 7) is 4.54. The fourth-order valence-electron chi connectivity index (χ4n) is 1.48. The predicted molar refractivity (Wildman–Crippen MR) is 54.5 cm³/mol. The topological polar surface area (TPSA) is 46.2 Å². The standard InChI is InChI=1S/C9H17NO2S/c1-2-3-6-10-9-4-7-13(11,12)8-5-9/h2,9-10H,1,3-8H2. The summed E-state index contributed by atoms with van der Waals surface area (Å²) >= 11 is 0. The maximum atomic E-state index is 11.1. The number of nitrogens with one attached hydrogen (secondary N) is 1.